The van der Waals surface area contributed by atoms with Crippen LogP contribution < -0.4 is 10.6 Å². The maximum atomic E-state index is 12.4. The van der Waals surface area contributed by atoms with Crippen molar-refractivity contribution in [3.63, 3.8) is 0 Å². The third-order valence-corrected chi connectivity index (χ3v) is 8.29. The maximum absolute atomic E-state index is 12.4. The first kappa shape index (κ1) is 26.5. The highest BCUT2D eigenvalue weighted by atomic mass is 32.1. The van der Waals surface area contributed by atoms with Gasteiger partial charge in [-0.05, 0) is 64.6 Å². The summed E-state index contributed by atoms with van der Waals surface area (Å²) in [6.45, 7) is 10.0. The van der Waals surface area contributed by atoms with Gasteiger partial charge < -0.3 is 20.3 Å². The first-order valence-corrected chi connectivity index (χ1v) is 14.2. The number of rotatable bonds is 6. The molecule has 0 unspecified atom stereocenters. The van der Waals surface area contributed by atoms with Crippen LogP contribution in [0.2, 0.25) is 0 Å². The van der Waals surface area contributed by atoms with Gasteiger partial charge in [0.2, 0.25) is 6.41 Å². The lowest BCUT2D eigenvalue weighted by Gasteiger charge is -2.30. The molecular weight excluding hydrogens is 494 g/mol. The number of amides is 2. The molecule has 3 aromatic rings. The number of pyridine rings is 1. The minimum atomic E-state index is -0.531. The zero-order chi connectivity index (χ0) is 25.7. The smallest absolute Gasteiger partial charge is 0.410 e. The van der Waals surface area contributed by atoms with Crippen LogP contribution in [-0.2, 0) is 22.5 Å². The third-order valence-electron chi connectivity index (χ3n) is 6.09. The average molecular weight is 530 g/mol. The van der Waals surface area contributed by atoms with Crippen LogP contribution in [0.4, 0.5) is 9.80 Å². The minimum Gasteiger partial charge on any atom is -0.444 e. The van der Waals surface area contributed by atoms with Crippen LogP contribution in [-0.4, -0.2) is 52.1 Å². The molecule has 0 aromatic carbocycles. The van der Waals surface area contributed by atoms with Gasteiger partial charge in [-0.25, -0.2) is 9.78 Å². The van der Waals surface area contributed by atoms with Gasteiger partial charge in [0.15, 0.2) is 0 Å². The molecule has 10 heteroatoms. The Morgan fingerprint density at radius 2 is 2.11 bits per heavy atom. The number of ether oxygens (including phenoxy) is 1. The predicted molar refractivity (Wildman–Crippen MR) is 147 cm³/mol. The summed E-state index contributed by atoms with van der Waals surface area (Å²) in [5, 5.41) is 7.90. The van der Waals surface area contributed by atoms with Gasteiger partial charge in [0.05, 0.1) is 17.4 Å². The molecule has 2 aliphatic rings. The van der Waals surface area contributed by atoms with Gasteiger partial charge in [0, 0.05) is 29.2 Å². The van der Waals surface area contributed by atoms with Crippen molar-refractivity contribution in [3.8, 4) is 10.6 Å². The number of anilines is 1. The van der Waals surface area contributed by atoms with Gasteiger partial charge >= 0.3 is 6.09 Å². The molecule has 194 valence electrons. The Hall–Kier alpha value is -2.56. The van der Waals surface area contributed by atoms with E-state index in [0.717, 1.165) is 42.3 Å². The molecule has 0 spiro atoms. The third kappa shape index (κ3) is 6.41. The molecule has 8 nitrogen and oxygen atoms in total. The molecule has 1 aliphatic heterocycles. The zero-order valence-electron chi connectivity index (χ0n) is 21.4. The van der Waals surface area contributed by atoms with Crippen LogP contribution in [0.5, 0.6) is 0 Å². The van der Waals surface area contributed by atoms with Crippen LogP contribution in [0.15, 0.2) is 18.5 Å². The van der Waals surface area contributed by atoms with Crippen molar-refractivity contribution in [1.82, 2.24) is 20.2 Å². The summed E-state index contributed by atoms with van der Waals surface area (Å²) < 4.78 is 6.55. The average Bonchev–Trinajstić information content (AvgIpc) is 3.37. The largest absolute Gasteiger partial charge is 0.444 e. The first-order valence-electron chi connectivity index (χ1n) is 12.6. The molecule has 0 radical (unpaired) electrons. The van der Waals surface area contributed by atoms with E-state index in [1.54, 1.807) is 28.6 Å². The van der Waals surface area contributed by atoms with Crippen LogP contribution >= 0.6 is 22.7 Å². The van der Waals surface area contributed by atoms with E-state index >= 15 is 0 Å². The van der Waals surface area contributed by atoms with E-state index in [4.69, 9.17) is 9.72 Å². The summed E-state index contributed by atoms with van der Waals surface area (Å²) in [6, 6.07) is 2.82. The number of aromatic nitrogens is 2. The molecule has 1 saturated carbocycles. The second kappa shape index (κ2) is 11.7. The highest BCUT2D eigenvalue weighted by Crippen LogP contribution is 2.45. The summed E-state index contributed by atoms with van der Waals surface area (Å²) >= 11 is 3.07. The van der Waals surface area contributed by atoms with Crippen LogP contribution in [0.3, 0.4) is 0 Å². The van der Waals surface area contributed by atoms with Gasteiger partial charge in [0.1, 0.15) is 21.1 Å². The van der Waals surface area contributed by atoms with Crippen molar-refractivity contribution < 1.29 is 14.3 Å². The van der Waals surface area contributed by atoms with E-state index in [1.807, 2.05) is 26.8 Å². The number of thiazole rings is 1. The number of hydrogen-bond donors (Lipinski definition) is 2. The van der Waals surface area contributed by atoms with Crippen molar-refractivity contribution in [2.45, 2.75) is 78.0 Å². The van der Waals surface area contributed by atoms with Gasteiger partial charge in [-0.2, -0.15) is 0 Å². The molecule has 1 fully saturated rings. The zero-order valence-corrected chi connectivity index (χ0v) is 23.1. The van der Waals surface area contributed by atoms with Gasteiger partial charge in [-0.1, -0.05) is 13.3 Å². The molecular formula is C26H35N5O3S2. The molecule has 2 amide bonds. The van der Waals surface area contributed by atoms with E-state index in [0.29, 0.717) is 25.9 Å². The highest BCUT2D eigenvalue weighted by Gasteiger charge is 2.31. The van der Waals surface area contributed by atoms with Crippen molar-refractivity contribution in [1.29, 1.82) is 0 Å². The lowest BCUT2D eigenvalue weighted by atomic mass is 9.93. The number of fused-ring (bicyclic) bond motifs is 2. The second-order valence-corrected chi connectivity index (χ2v) is 12.2. The number of nitrogens with one attached hydrogen (secondary N) is 2. The lowest BCUT2D eigenvalue weighted by Crippen LogP contribution is -2.39. The number of hydrogen-bond acceptors (Lipinski definition) is 8. The number of nitrogens with zero attached hydrogens (tertiary/aromatic N) is 3. The fourth-order valence-electron chi connectivity index (χ4n) is 4.12. The Labute approximate surface area is 220 Å². The van der Waals surface area contributed by atoms with Crippen molar-refractivity contribution in [2.24, 2.45) is 0 Å². The number of carbonyl (C=O) groups excluding carboxylic acids is 2. The second-order valence-electron chi connectivity index (χ2n) is 10.1. The summed E-state index contributed by atoms with van der Waals surface area (Å²) in [5.41, 5.74) is 2.40. The maximum Gasteiger partial charge on any atom is 0.410 e. The summed E-state index contributed by atoms with van der Waals surface area (Å²) in [5.74, 6) is 0. The molecule has 5 rings (SSSR count). The van der Waals surface area contributed by atoms with Gasteiger partial charge in [-0.3, -0.25) is 9.78 Å². The van der Waals surface area contributed by atoms with Crippen LogP contribution in [0.25, 0.3) is 20.8 Å². The van der Waals surface area contributed by atoms with Crippen molar-refractivity contribution >= 4 is 50.4 Å². The Bertz CT molecular complexity index is 1160. The predicted octanol–water partition coefficient (Wildman–Crippen LogP) is 5.82. The van der Waals surface area contributed by atoms with E-state index < -0.39 is 5.60 Å². The molecule has 0 bridgehead atoms. The summed E-state index contributed by atoms with van der Waals surface area (Å²) in [4.78, 5) is 35.2. The summed E-state index contributed by atoms with van der Waals surface area (Å²) in [7, 11) is 0. The number of carbonyl (C=O) groups is 2. The Kier molecular flexibility index (Phi) is 8.58. The van der Waals surface area contributed by atoms with E-state index in [9.17, 15) is 9.59 Å². The Balaban J connectivity index is 0.000000325. The standard InChI is InChI=1S/C19H20N4O3S2.C7H15N/c1-19(2,3)26-18(25)23-7-5-11-14(9-23)28-16(21-10-24)15(11)17-22-12-8-20-6-4-13(12)27-17;1-2-6-8-7-4-3-5-7/h4,6,8,10H,5,7,9H2,1-3H3,(H,21,24);7-8H,2-6H2,1H3. The van der Waals surface area contributed by atoms with E-state index in [-0.39, 0.29) is 6.09 Å². The molecule has 1 aliphatic carbocycles. The van der Waals surface area contributed by atoms with Gasteiger partial charge in [0.25, 0.3) is 0 Å². The van der Waals surface area contributed by atoms with Gasteiger partial charge in [-0.15, -0.1) is 22.7 Å². The SMILES string of the molecule is CC(C)(C)OC(=O)N1CCc2c(sc(NC=O)c2-c2nc3cnccc3s2)C1.CCCNC1CCC1. The Morgan fingerprint density at radius 1 is 1.31 bits per heavy atom. The van der Waals surface area contributed by atoms with Crippen LogP contribution in [0, 0.1) is 0 Å². The molecule has 4 heterocycles. The Morgan fingerprint density at radius 3 is 2.75 bits per heavy atom. The molecule has 0 saturated heterocycles. The van der Waals surface area contributed by atoms with E-state index in [1.165, 1.54) is 43.6 Å². The fraction of sp³-hybridized carbons (Fsp3) is 0.538. The van der Waals surface area contributed by atoms with Crippen molar-refractivity contribution in [2.75, 3.05) is 18.4 Å². The minimum absolute atomic E-state index is 0.316. The molecule has 0 atom stereocenters. The monoisotopic (exact) mass is 529 g/mol. The first-order chi connectivity index (χ1) is 17.3. The molecule has 3 aromatic heterocycles. The normalized spacial score (nSPS) is 15.5. The van der Waals surface area contributed by atoms with Crippen LogP contribution in [0.1, 0.15) is 63.8 Å². The molecule has 36 heavy (non-hydrogen) atoms. The lowest BCUT2D eigenvalue weighted by molar-refractivity contribution is -0.105. The number of thiophene rings is 1. The van der Waals surface area contributed by atoms with E-state index in [2.05, 4.69) is 22.5 Å². The topological polar surface area (TPSA) is 96.5 Å². The van der Waals surface area contributed by atoms with Crippen molar-refractivity contribution in [3.05, 3.63) is 28.9 Å². The molecule has 2 N–H and O–H groups in total. The summed E-state index contributed by atoms with van der Waals surface area (Å²) in [6.07, 6.45) is 10.1. The highest BCUT2D eigenvalue weighted by molar-refractivity contribution is 7.22. The fourth-order valence-corrected chi connectivity index (χ4v) is 6.41. The quantitative estimate of drug-likeness (QED) is 0.391.